The standard InChI is InChI=1S/C21H18Cl2N4OS/c1-28-20-3-2-17(27-7-5-13-4-6-24-19(13)12-27)11-18(20)26-21(29)25-16-9-14(22)8-15(23)10-16/h2-6,8-11H,7,12H2,1H3,(H2,25,26,29). The maximum Gasteiger partial charge on any atom is 0.175 e. The van der Waals surface area contributed by atoms with Crippen LogP contribution in [0.3, 0.4) is 0 Å². The van der Waals surface area contributed by atoms with Crippen LogP contribution in [-0.4, -0.2) is 31.0 Å². The molecule has 8 heteroatoms. The number of nitrogens with one attached hydrogen (secondary N) is 2. The van der Waals surface area contributed by atoms with E-state index in [1.54, 1.807) is 25.3 Å². The van der Waals surface area contributed by atoms with Crippen molar-refractivity contribution in [3.8, 4) is 5.75 Å². The van der Waals surface area contributed by atoms with Gasteiger partial charge in [0.25, 0.3) is 0 Å². The number of anilines is 3. The van der Waals surface area contributed by atoms with Gasteiger partial charge in [-0.15, -0.1) is 0 Å². The average Bonchev–Trinajstić information content (AvgIpc) is 3.14. The van der Waals surface area contributed by atoms with Crippen LogP contribution in [0.1, 0.15) is 0 Å². The smallest absolute Gasteiger partial charge is 0.175 e. The molecule has 4 rings (SSSR count). The van der Waals surface area contributed by atoms with Crippen LogP contribution in [0, 0.1) is 0 Å². The van der Waals surface area contributed by atoms with E-state index in [-0.39, 0.29) is 0 Å². The van der Waals surface area contributed by atoms with Crippen molar-refractivity contribution in [2.24, 2.45) is 4.99 Å². The molecule has 2 aromatic carbocycles. The van der Waals surface area contributed by atoms with Crippen molar-refractivity contribution >= 4 is 63.3 Å². The molecule has 2 heterocycles. The minimum atomic E-state index is 0.406. The minimum absolute atomic E-state index is 0.406. The van der Waals surface area contributed by atoms with Gasteiger partial charge >= 0.3 is 0 Å². The van der Waals surface area contributed by atoms with Crippen LogP contribution in [0.25, 0.3) is 0 Å². The fourth-order valence-electron chi connectivity index (χ4n) is 3.25. The highest BCUT2D eigenvalue weighted by molar-refractivity contribution is 7.80. The van der Waals surface area contributed by atoms with Gasteiger partial charge < -0.3 is 20.3 Å². The lowest BCUT2D eigenvalue weighted by Gasteiger charge is -2.28. The molecular weight excluding hydrogens is 427 g/mol. The van der Waals surface area contributed by atoms with Crippen molar-refractivity contribution in [3.63, 3.8) is 0 Å². The molecule has 0 fully saturated rings. The molecule has 0 saturated carbocycles. The summed E-state index contributed by atoms with van der Waals surface area (Å²) in [7, 11) is 1.63. The molecule has 0 bridgehead atoms. The number of fused-ring (bicyclic) bond motifs is 1. The quantitative estimate of drug-likeness (QED) is 0.607. The number of allylic oxidation sites excluding steroid dienone is 1. The average molecular weight is 445 g/mol. The number of rotatable bonds is 4. The maximum absolute atomic E-state index is 6.05. The van der Waals surface area contributed by atoms with Crippen molar-refractivity contribution in [3.05, 3.63) is 70.4 Å². The van der Waals surface area contributed by atoms with E-state index in [0.717, 1.165) is 30.2 Å². The normalized spacial score (nSPS) is 14.8. The topological polar surface area (TPSA) is 48.9 Å². The molecule has 0 spiro atoms. The molecule has 0 atom stereocenters. The fourth-order valence-corrected chi connectivity index (χ4v) is 4.00. The molecule has 0 amide bonds. The van der Waals surface area contributed by atoms with Gasteiger partial charge in [0.15, 0.2) is 5.11 Å². The Morgan fingerprint density at radius 2 is 1.93 bits per heavy atom. The molecule has 0 unspecified atom stereocenters. The van der Waals surface area contributed by atoms with Gasteiger partial charge in [-0.05, 0) is 60.3 Å². The molecule has 0 saturated heterocycles. The minimum Gasteiger partial charge on any atom is -0.495 e. The lowest BCUT2D eigenvalue weighted by atomic mass is 10.1. The number of nitrogens with zero attached hydrogens (tertiary/aromatic N) is 2. The number of hydrogen-bond acceptors (Lipinski definition) is 4. The molecular formula is C21H18Cl2N4OS. The van der Waals surface area contributed by atoms with Crippen LogP contribution < -0.4 is 20.3 Å². The van der Waals surface area contributed by atoms with Crippen molar-refractivity contribution in [2.45, 2.75) is 0 Å². The van der Waals surface area contributed by atoms with Gasteiger partial charge in [0, 0.05) is 34.2 Å². The Hall–Kier alpha value is -2.54. The number of thiocarbonyl (C=S) groups is 1. The van der Waals surface area contributed by atoms with E-state index in [0.29, 0.717) is 26.6 Å². The third kappa shape index (κ3) is 4.56. The fraction of sp³-hybridized carbons (Fsp3) is 0.143. The summed E-state index contributed by atoms with van der Waals surface area (Å²) in [6, 6.07) is 11.1. The molecule has 148 valence electrons. The number of hydrogen-bond donors (Lipinski definition) is 2. The molecule has 0 aliphatic carbocycles. The molecule has 0 aromatic heterocycles. The van der Waals surface area contributed by atoms with Crippen LogP contribution in [0.5, 0.6) is 5.75 Å². The van der Waals surface area contributed by atoms with E-state index in [9.17, 15) is 0 Å². The highest BCUT2D eigenvalue weighted by Crippen LogP contribution is 2.31. The highest BCUT2D eigenvalue weighted by Gasteiger charge is 2.20. The van der Waals surface area contributed by atoms with Gasteiger partial charge in [0.2, 0.25) is 0 Å². The van der Waals surface area contributed by atoms with Crippen molar-refractivity contribution in [1.82, 2.24) is 0 Å². The second-order valence-corrected chi connectivity index (χ2v) is 7.83. The Morgan fingerprint density at radius 3 is 2.69 bits per heavy atom. The second kappa shape index (κ2) is 8.45. The van der Waals surface area contributed by atoms with Crippen LogP contribution in [0.2, 0.25) is 10.0 Å². The molecule has 2 aromatic rings. The first kappa shape index (κ1) is 19.8. The first-order valence-corrected chi connectivity index (χ1v) is 10.1. The Kier molecular flexibility index (Phi) is 5.76. The largest absolute Gasteiger partial charge is 0.495 e. The summed E-state index contributed by atoms with van der Waals surface area (Å²) in [5, 5.41) is 7.77. The number of benzene rings is 2. The lowest BCUT2D eigenvalue weighted by Crippen LogP contribution is -2.34. The van der Waals surface area contributed by atoms with Gasteiger partial charge in [0.1, 0.15) is 5.75 Å². The maximum atomic E-state index is 6.05. The van der Waals surface area contributed by atoms with E-state index in [2.05, 4.69) is 26.6 Å². The van der Waals surface area contributed by atoms with Gasteiger partial charge in [-0.3, -0.25) is 4.99 Å². The monoisotopic (exact) mass is 444 g/mol. The van der Waals surface area contributed by atoms with Gasteiger partial charge in [0.05, 0.1) is 25.1 Å². The number of ether oxygens (including phenoxy) is 1. The summed E-state index contributed by atoms with van der Waals surface area (Å²) in [6.45, 7) is 1.57. The number of methoxy groups -OCH3 is 1. The molecule has 2 aliphatic rings. The summed E-state index contributed by atoms with van der Waals surface area (Å²) in [5.41, 5.74) is 4.80. The zero-order valence-electron chi connectivity index (χ0n) is 15.6. The summed E-state index contributed by atoms with van der Waals surface area (Å²) in [6.07, 6.45) is 6.07. The van der Waals surface area contributed by atoms with Gasteiger partial charge in [-0.1, -0.05) is 29.3 Å². The molecule has 2 aliphatic heterocycles. The van der Waals surface area contributed by atoms with E-state index >= 15 is 0 Å². The van der Waals surface area contributed by atoms with Gasteiger partial charge in [-0.25, -0.2) is 0 Å². The number of aliphatic imine (C=N–C) groups is 1. The van der Waals surface area contributed by atoms with E-state index < -0.39 is 0 Å². The van der Waals surface area contributed by atoms with Crippen LogP contribution in [0.15, 0.2) is 65.3 Å². The summed E-state index contributed by atoms with van der Waals surface area (Å²) in [4.78, 5) is 6.68. The van der Waals surface area contributed by atoms with E-state index in [4.69, 9.17) is 40.2 Å². The lowest BCUT2D eigenvalue weighted by molar-refractivity contribution is 0.417. The van der Waals surface area contributed by atoms with Crippen LogP contribution in [0.4, 0.5) is 17.1 Å². The Balaban J connectivity index is 1.52. The predicted molar refractivity (Wildman–Crippen MR) is 126 cm³/mol. The molecule has 29 heavy (non-hydrogen) atoms. The zero-order valence-corrected chi connectivity index (χ0v) is 17.9. The van der Waals surface area contributed by atoms with Gasteiger partial charge in [-0.2, -0.15) is 0 Å². The van der Waals surface area contributed by atoms with E-state index in [1.807, 2.05) is 30.5 Å². The first-order chi connectivity index (χ1) is 14.0. The van der Waals surface area contributed by atoms with Crippen molar-refractivity contribution < 1.29 is 4.74 Å². The summed E-state index contributed by atoms with van der Waals surface area (Å²) >= 11 is 17.6. The Bertz CT molecular complexity index is 1040. The Morgan fingerprint density at radius 1 is 1.14 bits per heavy atom. The van der Waals surface area contributed by atoms with Crippen LogP contribution in [-0.2, 0) is 0 Å². The van der Waals surface area contributed by atoms with E-state index in [1.165, 1.54) is 5.57 Å². The number of halogens is 2. The predicted octanol–water partition coefficient (Wildman–Crippen LogP) is 5.53. The molecule has 0 radical (unpaired) electrons. The van der Waals surface area contributed by atoms with Crippen molar-refractivity contribution in [1.29, 1.82) is 0 Å². The SMILES string of the molecule is COc1ccc(N2CC=C3C=CN=C3C2)cc1NC(=S)Nc1cc(Cl)cc(Cl)c1. The third-order valence-electron chi connectivity index (χ3n) is 4.61. The second-order valence-electron chi connectivity index (χ2n) is 6.55. The molecule has 2 N–H and O–H groups in total. The third-order valence-corrected chi connectivity index (χ3v) is 5.25. The highest BCUT2D eigenvalue weighted by atomic mass is 35.5. The summed E-state index contributed by atoms with van der Waals surface area (Å²) < 4.78 is 5.49. The van der Waals surface area contributed by atoms with Crippen molar-refractivity contribution in [2.75, 3.05) is 35.7 Å². The van der Waals surface area contributed by atoms with Crippen LogP contribution >= 0.6 is 35.4 Å². The first-order valence-electron chi connectivity index (χ1n) is 8.92. The Labute approximate surface area is 184 Å². The molecule has 5 nitrogen and oxygen atoms in total. The summed E-state index contributed by atoms with van der Waals surface area (Å²) in [5.74, 6) is 0.690. The zero-order chi connectivity index (χ0) is 20.4.